The molecule has 1 unspecified atom stereocenters. The van der Waals surface area contributed by atoms with E-state index in [0.29, 0.717) is 13.0 Å². The zero-order valence-electron chi connectivity index (χ0n) is 22.1. The Kier molecular flexibility index (Phi) is 8.44. The van der Waals surface area contributed by atoms with Crippen LogP contribution in [0.4, 0.5) is 0 Å². The molecule has 196 valence electrons. The van der Waals surface area contributed by atoms with Crippen molar-refractivity contribution in [1.82, 2.24) is 20.2 Å². The summed E-state index contributed by atoms with van der Waals surface area (Å²) in [6.45, 7) is 7.02. The number of hydrogen-bond donors (Lipinski definition) is 3. The van der Waals surface area contributed by atoms with Crippen molar-refractivity contribution in [3.8, 4) is 11.3 Å². The van der Waals surface area contributed by atoms with Crippen LogP contribution in [0.15, 0.2) is 66.9 Å². The predicted octanol–water partition coefficient (Wildman–Crippen LogP) is 4.44. The molecular formula is C30H39N5O2. The second-order valence-corrected chi connectivity index (χ2v) is 11.1. The van der Waals surface area contributed by atoms with Crippen LogP contribution in [0.2, 0.25) is 0 Å². The lowest BCUT2D eigenvalue weighted by molar-refractivity contribution is -0.129. The fourth-order valence-electron chi connectivity index (χ4n) is 5.09. The van der Waals surface area contributed by atoms with Gasteiger partial charge in [-0.25, -0.2) is 4.98 Å². The smallest absolute Gasteiger partial charge is 0.233 e. The van der Waals surface area contributed by atoms with Crippen molar-refractivity contribution < 1.29 is 9.59 Å². The molecule has 1 aromatic heterocycles. The highest BCUT2D eigenvalue weighted by Gasteiger charge is 2.35. The highest BCUT2D eigenvalue weighted by molar-refractivity contribution is 5.80. The second kappa shape index (κ2) is 11.7. The number of benzene rings is 2. The standard InChI is InChI=1S/C30H39N5O2/c1-30(2,3)27(34-29(37)23-15-10-16-24(17-23)32-26(36)18-31)28-33-25(22-13-8-5-9-14-22)20-35(28)19-21-11-6-4-7-12-21/h4-9,11-14,20,23-24,27H,10,15-19,31H2,1-3H3,(H,32,36)(H,34,37)/t23?,24-,27-/m0/s1. The normalized spacial score (nSPS) is 18.7. The van der Waals surface area contributed by atoms with Crippen molar-refractivity contribution in [2.24, 2.45) is 17.1 Å². The molecule has 3 atom stereocenters. The van der Waals surface area contributed by atoms with Gasteiger partial charge in [-0.2, -0.15) is 0 Å². The third-order valence-corrected chi connectivity index (χ3v) is 7.08. The molecular weight excluding hydrogens is 462 g/mol. The van der Waals surface area contributed by atoms with E-state index in [-0.39, 0.29) is 41.8 Å². The molecule has 4 N–H and O–H groups in total. The largest absolute Gasteiger partial charge is 0.352 e. The molecule has 1 heterocycles. The molecule has 3 aromatic rings. The van der Waals surface area contributed by atoms with Crippen LogP contribution in [-0.4, -0.2) is 34.0 Å². The van der Waals surface area contributed by atoms with E-state index in [1.807, 2.05) is 36.4 Å². The monoisotopic (exact) mass is 501 g/mol. The summed E-state index contributed by atoms with van der Waals surface area (Å²) in [7, 11) is 0. The summed E-state index contributed by atoms with van der Waals surface area (Å²) in [5.74, 6) is 0.525. The lowest BCUT2D eigenvalue weighted by Crippen LogP contribution is -2.46. The van der Waals surface area contributed by atoms with Gasteiger partial charge in [-0.1, -0.05) is 87.9 Å². The first-order chi connectivity index (χ1) is 17.7. The summed E-state index contributed by atoms with van der Waals surface area (Å²) in [6.07, 6.45) is 5.30. The number of carbonyl (C=O) groups is 2. The van der Waals surface area contributed by atoms with Crippen LogP contribution >= 0.6 is 0 Å². The highest BCUT2D eigenvalue weighted by Crippen LogP contribution is 2.35. The van der Waals surface area contributed by atoms with Crippen molar-refractivity contribution in [1.29, 1.82) is 0 Å². The van der Waals surface area contributed by atoms with E-state index in [9.17, 15) is 9.59 Å². The summed E-state index contributed by atoms with van der Waals surface area (Å²) in [5, 5.41) is 6.33. The molecule has 4 rings (SSSR count). The number of nitrogens with one attached hydrogen (secondary N) is 2. The molecule has 0 spiro atoms. The van der Waals surface area contributed by atoms with Crippen molar-refractivity contribution in [2.45, 2.75) is 65.1 Å². The Bertz CT molecular complexity index is 1180. The van der Waals surface area contributed by atoms with Gasteiger partial charge >= 0.3 is 0 Å². The number of carbonyl (C=O) groups excluding carboxylic acids is 2. The number of nitrogens with zero attached hydrogens (tertiary/aromatic N) is 2. The third-order valence-electron chi connectivity index (χ3n) is 7.08. The molecule has 0 radical (unpaired) electrons. The van der Waals surface area contributed by atoms with Crippen LogP contribution in [0.1, 0.15) is 63.9 Å². The number of imidazole rings is 1. The van der Waals surface area contributed by atoms with Gasteiger partial charge in [-0.3, -0.25) is 9.59 Å². The van der Waals surface area contributed by atoms with Crippen LogP contribution in [0.25, 0.3) is 11.3 Å². The first kappa shape index (κ1) is 26.6. The average molecular weight is 502 g/mol. The van der Waals surface area contributed by atoms with Crippen molar-refractivity contribution in [3.63, 3.8) is 0 Å². The second-order valence-electron chi connectivity index (χ2n) is 11.1. The Labute approximate surface area is 219 Å². The lowest BCUT2D eigenvalue weighted by atomic mass is 9.82. The third kappa shape index (κ3) is 6.86. The number of hydrogen-bond acceptors (Lipinski definition) is 4. The Morgan fingerprint density at radius 1 is 1.05 bits per heavy atom. The van der Waals surface area contributed by atoms with E-state index in [2.05, 4.69) is 66.4 Å². The molecule has 7 nitrogen and oxygen atoms in total. The topological polar surface area (TPSA) is 102 Å². The van der Waals surface area contributed by atoms with Gasteiger partial charge in [-0.15, -0.1) is 0 Å². The van der Waals surface area contributed by atoms with Crippen LogP contribution in [-0.2, 0) is 16.1 Å². The molecule has 1 aliphatic rings. The van der Waals surface area contributed by atoms with Crippen molar-refractivity contribution in [2.75, 3.05) is 6.54 Å². The van der Waals surface area contributed by atoms with Gasteiger partial charge in [-0.05, 0) is 30.2 Å². The van der Waals surface area contributed by atoms with Gasteiger partial charge in [0.25, 0.3) is 0 Å². The summed E-state index contributed by atoms with van der Waals surface area (Å²) in [5.41, 5.74) is 8.30. The summed E-state index contributed by atoms with van der Waals surface area (Å²) < 4.78 is 2.17. The van der Waals surface area contributed by atoms with E-state index in [1.165, 1.54) is 5.56 Å². The quantitative estimate of drug-likeness (QED) is 0.425. The first-order valence-electron chi connectivity index (χ1n) is 13.2. The maximum atomic E-state index is 13.6. The van der Waals surface area contributed by atoms with Crippen molar-refractivity contribution >= 4 is 11.8 Å². The molecule has 0 aliphatic heterocycles. The fourth-order valence-corrected chi connectivity index (χ4v) is 5.09. The van der Waals surface area contributed by atoms with Gasteiger partial charge in [0.1, 0.15) is 5.82 Å². The molecule has 1 aliphatic carbocycles. The Balaban J connectivity index is 1.63. The van der Waals surface area contributed by atoms with E-state index in [0.717, 1.165) is 36.3 Å². The van der Waals surface area contributed by atoms with Gasteiger partial charge in [0, 0.05) is 30.3 Å². The van der Waals surface area contributed by atoms with Crippen LogP contribution in [0.5, 0.6) is 0 Å². The maximum Gasteiger partial charge on any atom is 0.233 e. The number of rotatable bonds is 8. The van der Waals surface area contributed by atoms with Gasteiger partial charge < -0.3 is 20.9 Å². The molecule has 2 amide bonds. The zero-order valence-corrected chi connectivity index (χ0v) is 22.1. The molecule has 1 saturated carbocycles. The highest BCUT2D eigenvalue weighted by atomic mass is 16.2. The predicted molar refractivity (Wildman–Crippen MR) is 146 cm³/mol. The van der Waals surface area contributed by atoms with E-state index >= 15 is 0 Å². The Hall–Kier alpha value is -3.45. The van der Waals surface area contributed by atoms with Crippen molar-refractivity contribution in [3.05, 3.63) is 78.2 Å². The molecule has 0 bridgehead atoms. The van der Waals surface area contributed by atoms with E-state index < -0.39 is 0 Å². The minimum Gasteiger partial charge on any atom is -0.352 e. The summed E-state index contributed by atoms with van der Waals surface area (Å²) in [4.78, 5) is 30.5. The summed E-state index contributed by atoms with van der Waals surface area (Å²) in [6, 6.07) is 20.1. The average Bonchev–Trinajstić information content (AvgIpc) is 3.30. The molecule has 2 aromatic carbocycles. The SMILES string of the molecule is CC(C)(C)[C@@H](NC(=O)C1CCC[C@H](NC(=O)CN)C1)c1nc(-c2ccccc2)cn1Cc1ccccc1. The molecule has 37 heavy (non-hydrogen) atoms. The van der Waals surface area contributed by atoms with E-state index in [1.54, 1.807) is 0 Å². The lowest BCUT2D eigenvalue weighted by Gasteiger charge is -2.34. The Morgan fingerprint density at radius 3 is 2.38 bits per heavy atom. The summed E-state index contributed by atoms with van der Waals surface area (Å²) >= 11 is 0. The number of nitrogens with two attached hydrogens (primary N) is 1. The van der Waals surface area contributed by atoms with Crippen LogP contribution in [0, 0.1) is 11.3 Å². The minimum atomic E-state index is -0.291. The number of amides is 2. The maximum absolute atomic E-state index is 13.6. The van der Waals surface area contributed by atoms with Crippen LogP contribution < -0.4 is 16.4 Å². The zero-order chi connectivity index (χ0) is 26.4. The first-order valence-corrected chi connectivity index (χ1v) is 13.2. The van der Waals surface area contributed by atoms with Gasteiger partial charge in [0.2, 0.25) is 11.8 Å². The Morgan fingerprint density at radius 2 is 1.73 bits per heavy atom. The molecule has 1 fully saturated rings. The molecule has 0 saturated heterocycles. The number of aromatic nitrogens is 2. The van der Waals surface area contributed by atoms with Gasteiger partial charge in [0.15, 0.2) is 0 Å². The van der Waals surface area contributed by atoms with Crippen LogP contribution in [0.3, 0.4) is 0 Å². The fraction of sp³-hybridized carbons (Fsp3) is 0.433. The molecule has 7 heteroatoms. The minimum absolute atomic E-state index is 0.0154. The van der Waals surface area contributed by atoms with E-state index in [4.69, 9.17) is 10.7 Å². The van der Waals surface area contributed by atoms with Gasteiger partial charge in [0.05, 0.1) is 18.3 Å².